The van der Waals surface area contributed by atoms with Crippen molar-refractivity contribution in [2.24, 2.45) is 0 Å². The molecule has 1 aliphatic heterocycles. The number of hydrogen-bond acceptors (Lipinski definition) is 4. The van der Waals surface area contributed by atoms with Crippen molar-refractivity contribution < 1.29 is 9.64 Å². The van der Waals surface area contributed by atoms with Gasteiger partial charge in [-0.15, -0.1) is 0 Å². The highest BCUT2D eigenvalue weighted by molar-refractivity contribution is 7.99. The molecule has 0 saturated carbocycles. The van der Waals surface area contributed by atoms with Crippen molar-refractivity contribution in [2.45, 2.75) is 31.0 Å². The van der Waals surface area contributed by atoms with Crippen molar-refractivity contribution in [3.8, 4) is 0 Å². The van der Waals surface area contributed by atoms with Crippen LogP contribution in [0.15, 0.2) is 34.2 Å². The van der Waals surface area contributed by atoms with Crippen LogP contribution < -0.4 is 10.5 Å². The van der Waals surface area contributed by atoms with Gasteiger partial charge in [0.25, 0.3) is 5.56 Å². The lowest BCUT2D eigenvalue weighted by molar-refractivity contribution is -0.902. The van der Waals surface area contributed by atoms with E-state index in [1.807, 2.05) is 24.3 Å². The van der Waals surface area contributed by atoms with Crippen molar-refractivity contribution in [1.29, 1.82) is 0 Å². The molecule has 3 rings (SSSR count). The Morgan fingerprint density at radius 1 is 1.25 bits per heavy atom. The monoisotopic (exact) mass is 348 g/mol. The lowest BCUT2D eigenvalue weighted by Gasteiger charge is -2.23. The summed E-state index contributed by atoms with van der Waals surface area (Å²) in [5.74, 6) is 0.993. The zero-order valence-electron chi connectivity index (χ0n) is 14.3. The van der Waals surface area contributed by atoms with Crippen LogP contribution in [0.5, 0.6) is 0 Å². The van der Waals surface area contributed by atoms with E-state index in [0.29, 0.717) is 18.5 Å². The predicted molar refractivity (Wildman–Crippen MR) is 98.0 cm³/mol. The second kappa shape index (κ2) is 8.65. The molecule has 1 fully saturated rings. The summed E-state index contributed by atoms with van der Waals surface area (Å²) in [7, 11) is 1.66. The molecule has 2 heterocycles. The van der Waals surface area contributed by atoms with Crippen LogP contribution in [-0.2, 0) is 11.3 Å². The predicted octanol–water partition coefficient (Wildman–Crippen LogP) is 1.20. The van der Waals surface area contributed by atoms with E-state index in [-0.39, 0.29) is 5.56 Å². The zero-order chi connectivity index (χ0) is 16.8. The van der Waals surface area contributed by atoms with E-state index >= 15 is 0 Å². The first-order chi connectivity index (χ1) is 11.8. The van der Waals surface area contributed by atoms with Crippen molar-refractivity contribution >= 4 is 22.7 Å². The highest BCUT2D eigenvalue weighted by atomic mass is 32.2. The molecule has 1 N–H and O–H groups in total. The first kappa shape index (κ1) is 17.5. The summed E-state index contributed by atoms with van der Waals surface area (Å²) in [5, 5.41) is 1.49. The molecule has 24 heavy (non-hydrogen) atoms. The van der Waals surface area contributed by atoms with Crippen molar-refractivity contribution in [3.05, 3.63) is 34.6 Å². The van der Waals surface area contributed by atoms with Crippen LogP contribution in [0.2, 0.25) is 0 Å². The van der Waals surface area contributed by atoms with Crippen LogP contribution in [0.4, 0.5) is 0 Å². The quantitative estimate of drug-likeness (QED) is 0.603. The Hall–Kier alpha value is -1.37. The fourth-order valence-electron chi connectivity index (χ4n) is 3.23. The molecule has 0 radical (unpaired) electrons. The first-order valence-electron chi connectivity index (χ1n) is 8.74. The van der Waals surface area contributed by atoms with E-state index in [0.717, 1.165) is 23.0 Å². The first-order valence-corrected chi connectivity index (χ1v) is 9.73. The molecule has 1 saturated heterocycles. The number of nitrogens with zero attached hydrogens (tertiary/aromatic N) is 2. The Kier molecular flexibility index (Phi) is 6.29. The van der Waals surface area contributed by atoms with Gasteiger partial charge in [-0.3, -0.25) is 9.36 Å². The maximum absolute atomic E-state index is 12.8. The summed E-state index contributed by atoms with van der Waals surface area (Å²) < 4.78 is 6.93. The van der Waals surface area contributed by atoms with Gasteiger partial charge in [0.15, 0.2) is 5.16 Å². The van der Waals surface area contributed by atoms with Crippen LogP contribution in [-0.4, -0.2) is 48.7 Å². The Balaban J connectivity index is 1.77. The molecule has 0 amide bonds. The van der Waals surface area contributed by atoms with Crippen molar-refractivity contribution in [3.63, 3.8) is 0 Å². The van der Waals surface area contributed by atoms with Gasteiger partial charge in [0, 0.05) is 7.11 Å². The third-order valence-electron chi connectivity index (χ3n) is 4.59. The number of thioether (sulfide) groups is 1. The van der Waals surface area contributed by atoms with Gasteiger partial charge in [0.05, 0.1) is 49.4 Å². The summed E-state index contributed by atoms with van der Waals surface area (Å²) in [6.45, 7) is 4.76. The third kappa shape index (κ3) is 4.18. The Bertz CT molecular complexity index is 726. The maximum Gasteiger partial charge on any atom is 0.262 e. The molecule has 0 bridgehead atoms. The van der Waals surface area contributed by atoms with E-state index < -0.39 is 0 Å². The van der Waals surface area contributed by atoms with E-state index in [1.54, 1.807) is 28.3 Å². The highest BCUT2D eigenvalue weighted by Gasteiger charge is 2.15. The lowest BCUT2D eigenvalue weighted by Crippen LogP contribution is -3.13. The van der Waals surface area contributed by atoms with E-state index in [9.17, 15) is 4.79 Å². The van der Waals surface area contributed by atoms with Crippen LogP contribution in [0, 0.1) is 0 Å². The number of methoxy groups -OCH3 is 1. The second-order valence-electron chi connectivity index (χ2n) is 6.27. The smallest absolute Gasteiger partial charge is 0.262 e. The molecule has 0 spiro atoms. The maximum atomic E-state index is 12.8. The fraction of sp³-hybridized carbons (Fsp3) is 0.556. The molecule has 1 aromatic heterocycles. The van der Waals surface area contributed by atoms with Gasteiger partial charge in [0.2, 0.25) is 0 Å². The average Bonchev–Trinajstić information content (AvgIpc) is 2.62. The number of fused-ring (bicyclic) bond motifs is 1. The molecule has 6 heteroatoms. The van der Waals surface area contributed by atoms with E-state index in [1.165, 1.54) is 32.4 Å². The van der Waals surface area contributed by atoms with Gasteiger partial charge in [-0.25, -0.2) is 4.98 Å². The average molecular weight is 348 g/mol. The number of piperidine rings is 1. The van der Waals surface area contributed by atoms with Crippen LogP contribution in [0.25, 0.3) is 10.9 Å². The number of nitrogens with one attached hydrogen (secondary N) is 1. The molecule has 1 aromatic carbocycles. The largest absolute Gasteiger partial charge is 0.383 e. The van der Waals surface area contributed by atoms with Crippen LogP contribution >= 0.6 is 11.8 Å². The molecular weight excluding hydrogens is 322 g/mol. The SMILES string of the molecule is COCCn1c(SCC[NH+]2CCCCC2)nc2ccccc2c1=O. The number of rotatable bonds is 7. The third-order valence-corrected chi connectivity index (χ3v) is 5.57. The Morgan fingerprint density at radius 2 is 2.04 bits per heavy atom. The summed E-state index contributed by atoms with van der Waals surface area (Å²) >= 11 is 1.70. The number of ether oxygens (including phenoxy) is 1. The van der Waals surface area contributed by atoms with Gasteiger partial charge >= 0.3 is 0 Å². The second-order valence-corrected chi connectivity index (χ2v) is 7.33. The number of benzene rings is 1. The number of quaternary nitrogens is 1. The summed E-state index contributed by atoms with van der Waals surface area (Å²) in [4.78, 5) is 19.2. The summed E-state index contributed by atoms with van der Waals surface area (Å²) in [5.41, 5.74) is 0.814. The molecule has 1 aliphatic rings. The zero-order valence-corrected chi connectivity index (χ0v) is 15.1. The molecule has 130 valence electrons. The minimum absolute atomic E-state index is 0.0328. The topological polar surface area (TPSA) is 48.6 Å². The molecule has 2 aromatic rings. The van der Waals surface area contributed by atoms with Crippen molar-refractivity contribution in [2.75, 3.05) is 39.1 Å². The summed E-state index contributed by atoms with van der Waals surface area (Å²) in [6.07, 6.45) is 4.05. The van der Waals surface area contributed by atoms with E-state index in [2.05, 4.69) is 0 Å². The van der Waals surface area contributed by atoms with Crippen LogP contribution in [0.3, 0.4) is 0 Å². The van der Waals surface area contributed by atoms with E-state index in [4.69, 9.17) is 9.72 Å². The Morgan fingerprint density at radius 3 is 2.83 bits per heavy atom. The Labute approximate surface area is 147 Å². The van der Waals surface area contributed by atoms with Crippen molar-refractivity contribution in [1.82, 2.24) is 9.55 Å². The van der Waals surface area contributed by atoms with Gasteiger partial charge in [-0.05, 0) is 31.4 Å². The molecule has 0 atom stereocenters. The summed E-state index contributed by atoms with van der Waals surface area (Å²) in [6, 6.07) is 7.58. The van der Waals surface area contributed by atoms with Gasteiger partial charge < -0.3 is 9.64 Å². The molecular formula is C18H26N3O2S+. The molecule has 0 aliphatic carbocycles. The normalized spacial score (nSPS) is 15.9. The number of hydrogen-bond donors (Lipinski definition) is 1. The highest BCUT2D eigenvalue weighted by Crippen LogP contribution is 2.17. The van der Waals surface area contributed by atoms with Gasteiger partial charge in [0.1, 0.15) is 0 Å². The van der Waals surface area contributed by atoms with Crippen LogP contribution in [0.1, 0.15) is 19.3 Å². The number of aromatic nitrogens is 2. The minimum atomic E-state index is 0.0328. The fourth-order valence-corrected chi connectivity index (χ4v) is 4.29. The molecule has 0 unspecified atom stereocenters. The van der Waals surface area contributed by atoms with Gasteiger partial charge in [-0.2, -0.15) is 0 Å². The molecule has 5 nitrogen and oxygen atoms in total. The minimum Gasteiger partial charge on any atom is -0.383 e. The standard InChI is InChI=1S/C18H25N3O2S/c1-23-13-11-21-17(22)15-7-3-4-8-16(15)19-18(21)24-14-12-20-9-5-2-6-10-20/h3-4,7-8H,2,5-6,9-14H2,1H3/p+1. The lowest BCUT2D eigenvalue weighted by atomic mass is 10.1. The van der Waals surface area contributed by atoms with Gasteiger partial charge in [-0.1, -0.05) is 23.9 Å². The number of likely N-dealkylation sites (tertiary alicyclic amines) is 1. The number of para-hydroxylation sites is 1.